The van der Waals surface area contributed by atoms with E-state index in [1.165, 1.54) is 0 Å². The summed E-state index contributed by atoms with van der Waals surface area (Å²) in [5.74, 6) is 0.464. The van der Waals surface area contributed by atoms with Crippen LogP contribution in [0.15, 0.2) is 35.2 Å². The fourth-order valence-electron chi connectivity index (χ4n) is 2.97. The lowest BCUT2D eigenvalue weighted by atomic mass is 10.1. The normalized spacial score (nSPS) is 10.9. The molecule has 0 saturated heterocycles. The maximum Gasteiger partial charge on any atom is 0.251 e. The molecule has 0 bridgehead atoms. The van der Waals surface area contributed by atoms with Gasteiger partial charge in [-0.1, -0.05) is 0 Å². The van der Waals surface area contributed by atoms with Gasteiger partial charge in [0.05, 0.1) is 12.1 Å². The van der Waals surface area contributed by atoms with Crippen molar-refractivity contribution in [3.8, 4) is 5.95 Å². The molecule has 2 heterocycles. The first kappa shape index (κ1) is 19.1. The molecule has 1 N–H and O–H groups in total. The third-order valence-corrected chi connectivity index (χ3v) is 5.06. The Balaban J connectivity index is 1.80. The zero-order valence-corrected chi connectivity index (χ0v) is 17.0. The van der Waals surface area contributed by atoms with Crippen LogP contribution in [-0.2, 0) is 11.2 Å². The molecule has 0 fully saturated rings. The van der Waals surface area contributed by atoms with Crippen molar-refractivity contribution in [2.24, 2.45) is 0 Å². The van der Waals surface area contributed by atoms with Crippen molar-refractivity contribution in [1.82, 2.24) is 19.7 Å². The Morgan fingerprint density at radius 3 is 2.30 bits per heavy atom. The highest BCUT2D eigenvalue weighted by Gasteiger charge is 2.17. The second-order valence-corrected chi connectivity index (χ2v) is 7.34. The molecule has 7 heteroatoms. The summed E-state index contributed by atoms with van der Waals surface area (Å²) in [5.41, 5.74) is 5.15. The minimum absolute atomic E-state index is 0.0704. The molecule has 1 amide bonds. The van der Waals surface area contributed by atoms with E-state index in [0.29, 0.717) is 5.95 Å². The molecule has 0 radical (unpaired) electrons. The highest BCUT2D eigenvalue weighted by molar-refractivity contribution is 7.98. The summed E-state index contributed by atoms with van der Waals surface area (Å²) in [6.07, 6.45) is 2.28. The highest BCUT2D eigenvalue weighted by atomic mass is 32.2. The molecule has 0 atom stereocenters. The summed E-state index contributed by atoms with van der Waals surface area (Å²) >= 11 is 1.67. The molecule has 0 spiro atoms. The number of nitrogens with zero attached hydrogens (tertiary/aromatic N) is 4. The first-order chi connectivity index (χ1) is 12.9. The van der Waals surface area contributed by atoms with Crippen molar-refractivity contribution in [2.45, 2.75) is 39.0 Å². The second kappa shape index (κ2) is 7.92. The molecular weight excluding hydrogens is 358 g/mol. The maximum absolute atomic E-state index is 12.5. The van der Waals surface area contributed by atoms with E-state index < -0.39 is 0 Å². The number of amides is 1. The van der Waals surface area contributed by atoms with Gasteiger partial charge in [0.2, 0.25) is 5.91 Å². The molecule has 0 saturated carbocycles. The van der Waals surface area contributed by atoms with E-state index >= 15 is 0 Å². The Kier molecular flexibility index (Phi) is 5.60. The fraction of sp³-hybridized carbons (Fsp3) is 0.300. The van der Waals surface area contributed by atoms with Crippen molar-refractivity contribution < 1.29 is 4.79 Å². The summed E-state index contributed by atoms with van der Waals surface area (Å²) in [5, 5.41) is 7.50. The zero-order chi connectivity index (χ0) is 19.6. The van der Waals surface area contributed by atoms with E-state index in [-0.39, 0.29) is 12.3 Å². The standard InChI is InChI=1S/C20H23N5OS/c1-12-10-13(2)22-20(21-12)25-15(4)18(14(3)24-25)11-19(26)23-16-6-8-17(27-5)9-7-16/h6-10H,11H2,1-5H3,(H,23,26). The lowest BCUT2D eigenvalue weighted by Gasteiger charge is -2.07. The second-order valence-electron chi connectivity index (χ2n) is 6.47. The Bertz CT molecular complexity index is 959. The lowest BCUT2D eigenvalue weighted by molar-refractivity contribution is -0.115. The SMILES string of the molecule is CSc1ccc(NC(=O)Cc2c(C)nn(-c3nc(C)cc(C)n3)c2C)cc1. The van der Waals surface area contributed by atoms with Crippen LogP contribution in [0.5, 0.6) is 0 Å². The smallest absolute Gasteiger partial charge is 0.251 e. The number of hydrogen-bond acceptors (Lipinski definition) is 5. The van der Waals surface area contributed by atoms with Crippen LogP contribution in [0.3, 0.4) is 0 Å². The Labute approximate surface area is 163 Å². The molecular formula is C20H23N5OS. The predicted molar refractivity (Wildman–Crippen MR) is 109 cm³/mol. The molecule has 27 heavy (non-hydrogen) atoms. The number of nitrogens with one attached hydrogen (secondary N) is 1. The van der Waals surface area contributed by atoms with E-state index in [0.717, 1.165) is 38.9 Å². The number of anilines is 1. The summed E-state index contributed by atoms with van der Waals surface area (Å²) in [7, 11) is 0. The first-order valence-corrected chi connectivity index (χ1v) is 9.91. The van der Waals surface area contributed by atoms with Crippen LogP contribution < -0.4 is 5.32 Å². The predicted octanol–water partition coefficient (Wildman–Crippen LogP) is 3.80. The number of rotatable bonds is 5. The molecule has 0 aliphatic heterocycles. The zero-order valence-electron chi connectivity index (χ0n) is 16.2. The first-order valence-electron chi connectivity index (χ1n) is 8.69. The van der Waals surface area contributed by atoms with Crippen molar-refractivity contribution in [1.29, 1.82) is 0 Å². The van der Waals surface area contributed by atoms with Gasteiger partial charge in [0.15, 0.2) is 0 Å². The monoisotopic (exact) mass is 381 g/mol. The molecule has 1 aromatic carbocycles. The summed E-state index contributed by atoms with van der Waals surface area (Å²) in [4.78, 5) is 22.6. The van der Waals surface area contributed by atoms with Crippen molar-refractivity contribution >= 4 is 23.4 Å². The van der Waals surface area contributed by atoms with Crippen LogP contribution in [0.25, 0.3) is 5.95 Å². The Morgan fingerprint density at radius 1 is 1.07 bits per heavy atom. The van der Waals surface area contributed by atoms with Gasteiger partial charge in [0, 0.05) is 33.2 Å². The molecule has 0 unspecified atom stereocenters. The van der Waals surface area contributed by atoms with E-state index in [9.17, 15) is 4.79 Å². The third-order valence-electron chi connectivity index (χ3n) is 4.31. The number of aryl methyl sites for hydroxylation is 3. The highest BCUT2D eigenvalue weighted by Crippen LogP contribution is 2.20. The quantitative estimate of drug-likeness (QED) is 0.681. The fourth-order valence-corrected chi connectivity index (χ4v) is 3.38. The van der Waals surface area contributed by atoms with Crippen LogP contribution in [0.2, 0.25) is 0 Å². The molecule has 3 aromatic rings. The van der Waals surface area contributed by atoms with Crippen molar-refractivity contribution in [2.75, 3.05) is 11.6 Å². The number of hydrogen-bond donors (Lipinski definition) is 1. The van der Waals surface area contributed by atoms with Gasteiger partial charge in [0.1, 0.15) is 0 Å². The third kappa shape index (κ3) is 4.36. The van der Waals surface area contributed by atoms with Gasteiger partial charge >= 0.3 is 0 Å². The van der Waals surface area contributed by atoms with Crippen LogP contribution in [0.4, 0.5) is 5.69 Å². The average Bonchev–Trinajstić information content (AvgIpc) is 2.90. The average molecular weight is 382 g/mol. The molecule has 140 valence electrons. The van der Waals surface area contributed by atoms with Gasteiger partial charge in [-0.15, -0.1) is 11.8 Å². The van der Waals surface area contributed by atoms with Crippen molar-refractivity contribution in [3.63, 3.8) is 0 Å². The topological polar surface area (TPSA) is 72.7 Å². The minimum atomic E-state index is -0.0704. The largest absolute Gasteiger partial charge is 0.326 e. The van der Waals surface area contributed by atoms with Crippen LogP contribution in [-0.4, -0.2) is 31.9 Å². The Morgan fingerprint density at radius 2 is 1.70 bits per heavy atom. The molecule has 3 rings (SSSR count). The molecule has 0 aliphatic rings. The maximum atomic E-state index is 12.5. The molecule has 2 aromatic heterocycles. The minimum Gasteiger partial charge on any atom is -0.326 e. The van der Waals surface area contributed by atoms with E-state index in [4.69, 9.17) is 0 Å². The summed E-state index contributed by atoms with van der Waals surface area (Å²) < 4.78 is 1.71. The van der Waals surface area contributed by atoms with Gasteiger partial charge in [0.25, 0.3) is 5.95 Å². The Hall–Kier alpha value is -2.67. The van der Waals surface area contributed by atoms with Crippen LogP contribution in [0, 0.1) is 27.7 Å². The number of benzene rings is 1. The summed E-state index contributed by atoms with van der Waals surface area (Å²) in [6, 6.07) is 9.73. The van der Waals surface area contributed by atoms with E-state index in [1.807, 2.05) is 64.3 Å². The van der Waals surface area contributed by atoms with Gasteiger partial charge in [-0.2, -0.15) is 5.10 Å². The van der Waals surface area contributed by atoms with E-state index in [2.05, 4.69) is 20.4 Å². The van der Waals surface area contributed by atoms with Gasteiger partial charge < -0.3 is 5.32 Å². The van der Waals surface area contributed by atoms with Gasteiger partial charge in [-0.05, 0) is 64.3 Å². The summed E-state index contributed by atoms with van der Waals surface area (Å²) in [6.45, 7) is 7.71. The van der Waals surface area contributed by atoms with Gasteiger partial charge in [-0.3, -0.25) is 4.79 Å². The van der Waals surface area contributed by atoms with E-state index in [1.54, 1.807) is 16.4 Å². The number of aromatic nitrogens is 4. The van der Waals surface area contributed by atoms with Crippen LogP contribution >= 0.6 is 11.8 Å². The molecule has 0 aliphatic carbocycles. The molecule has 6 nitrogen and oxygen atoms in total. The van der Waals surface area contributed by atoms with Crippen molar-refractivity contribution in [3.05, 3.63) is 58.7 Å². The van der Waals surface area contributed by atoms with Crippen LogP contribution in [0.1, 0.15) is 28.3 Å². The number of carbonyl (C=O) groups excluding carboxylic acids is 1. The number of thioether (sulfide) groups is 1. The lowest BCUT2D eigenvalue weighted by Crippen LogP contribution is -2.15. The van der Waals surface area contributed by atoms with Gasteiger partial charge in [-0.25, -0.2) is 14.6 Å². The number of carbonyl (C=O) groups is 1.